The number of nitriles is 1. The molecule has 0 unspecified atom stereocenters. The highest BCUT2D eigenvalue weighted by Gasteiger charge is 2.28. The molecule has 12 rings (SSSR count). The number of hydrogen-bond donors (Lipinski definition) is 0. The largest absolute Gasteiger partial charge is 0.453 e. The number of rotatable bonds is 7. The van der Waals surface area contributed by atoms with Gasteiger partial charge in [-0.3, -0.25) is 0 Å². The second-order valence-electron chi connectivity index (χ2n) is 15.9. The first-order valence-corrected chi connectivity index (χ1v) is 21.4. The normalized spacial score (nSPS) is 11.4. The zero-order valence-electron chi connectivity index (χ0n) is 34.5. The predicted octanol–water partition coefficient (Wildman–Crippen LogP) is 15.3. The van der Waals surface area contributed by atoms with Gasteiger partial charge in [0, 0.05) is 43.8 Å². The van der Waals surface area contributed by atoms with Crippen molar-refractivity contribution in [3.63, 3.8) is 0 Å². The van der Waals surface area contributed by atoms with E-state index in [1.165, 1.54) is 0 Å². The van der Waals surface area contributed by atoms with Crippen LogP contribution in [-0.2, 0) is 0 Å². The quantitative estimate of drug-likeness (QED) is 0.161. The topological polar surface area (TPSA) is 67.6 Å². The van der Waals surface area contributed by atoms with Crippen LogP contribution in [0.5, 0.6) is 0 Å². The first kappa shape index (κ1) is 37.0. The van der Waals surface area contributed by atoms with Crippen molar-refractivity contribution in [3.05, 3.63) is 224 Å². The number of fused-ring (bicyclic) bond motifs is 7. The summed E-state index contributed by atoms with van der Waals surface area (Å²) in [6.07, 6.45) is 0. The van der Waals surface area contributed by atoms with E-state index in [1.807, 2.05) is 78.9 Å². The van der Waals surface area contributed by atoms with Gasteiger partial charge in [0.25, 0.3) is 0 Å². The lowest BCUT2D eigenvalue weighted by Gasteiger charge is -2.22. The lowest BCUT2D eigenvalue weighted by molar-refractivity contribution is 0.672. The third-order valence-electron chi connectivity index (χ3n) is 12.3. The van der Waals surface area contributed by atoms with Crippen molar-refractivity contribution in [2.24, 2.45) is 0 Å². The van der Waals surface area contributed by atoms with Crippen LogP contribution in [-0.4, -0.2) is 14.5 Å². The summed E-state index contributed by atoms with van der Waals surface area (Å²) in [6.45, 7) is 0. The smallest absolute Gasteiger partial charge is 0.163 e. The Morgan fingerprint density at radius 1 is 0.391 bits per heavy atom. The zero-order chi connectivity index (χ0) is 42.6. The third-order valence-corrected chi connectivity index (χ3v) is 12.3. The SMILES string of the molecule is N#Cc1c(-c2ccccc2)nc(-c2c(-n3c4ccccc4c4ccc5c6cccc(-c7ccccc7)c6oc5c43)ccc(-c3ccccc3)c2-c2ccccc2)nc1-c1ccccc1. The maximum Gasteiger partial charge on any atom is 0.163 e. The molecule has 12 aromatic rings. The maximum absolute atomic E-state index is 11.0. The molecule has 5 heteroatoms. The van der Waals surface area contributed by atoms with Gasteiger partial charge >= 0.3 is 0 Å². The average molecular weight is 817 g/mol. The molecule has 9 aromatic carbocycles. The fourth-order valence-electron chi connectivity index (χ4n) is 9.45. The van der Waals surface area contributed by atoms with Crippen LogP contribution in [0.3, 0.4) is 0 Å². The van der Waals surface area contributed by atoms with Gasteiger partial charge in [-0.05, 0) is 40.5 Å². The summed E-state index contributed by atoms with van der Waals surface area (Å²) in [6, 6.07) is 77.7. The van der Waals surface area contributed by atoms with Crippen molar-refractivity contribution in [2.45, 2.75) is 0 Å². The molecule has 3 heterocycles. The van der Waals surface area contributed by atoms with E-state index in [0.29, 0.717) is 22.8 Å². The highest BCUT2D eigenvalue weighted by molar-refractivity contribution is 6.23. The number of hydrogen-bond acceptors (Lipinski definition) is 4. The molecular formula is C59H36N4O. The molecule has 0 atom stereocenters. The molecule has 0 N–H and O–H groups in total. The molecule has 0 spiro atoms. The van der Waals surface area contributed by atoms with E-state index in [-0.39, 0.29) is 0 Å². The number of nitrogens with zero attached hydrogens (tertiary/aromatic N) is 4. The van der Waals surface area contributed by atoms with Gasteiger partial charge in [0.15, 0.2) is 11.4 Å². The van der Waals surface area contributed by atoms with Crippen molar-refractivity contribution in [2.75, 3.05) is 0 Å². The Morgan fingerprint density at radius 3 is 1.50 bits per heavy atom. The van der Waals surface area contributed by atoms with Gasteiger partial charge < -0.3 is 8.98 Å². The lowest BCUT2D eigenvalue weighted by atomic mass is 9.88. The molecule has 0 saturated carbocycles. The minimum Gasteiger partial charge on any atom is -0.453 e. The highest BCUT2D eigenvalue weighted by Crippen LogP contribution is 2.48. The van der Waals surface area contributed by atoms with Gasteiger partial charge in [0.1, 0.15) is 17.2 Å². The first-order chi connectivity index (χ1) is 31.7. The molecular weight excluding hydrogens is 781 g/mol. The van der Waals surface area contributed by atoms with Gasteiger partial charge in [-0.15, -0.1) is 0 Å². The van der Waals surface area contributed by atoms with E-state index in [4.69, 9.17) is 14.4 Å². The summed E-state index contributed by atoms with van der Waals surface area (Å²) in [4.78, 5) is 11.0. The van der Waals surface area contributed by atoms with E-state index in [0.717, 1.165) is 99.5 Å². The summed E-state index contributed by atoms with van der Waals surface area (Å²) in [5, 5.41) is 15.2. The Morgan fingerprint density at radius 2 is 0.891 bits per heavy atom. The maximum atomic E-state index is 11.0. The Kier molecular flexibility index (Phi) is 8.81. The fraction of sp³-hybridized carbons (Fsp3) is 0. The van der Waals surface area contributed by atoms with Crippen LogP contribution in [0.4, 0.5) is 0 Å². The van der Waals surface area contributed by atoms with Crippen molar-refractivity contribution >= 4 is 43.7 Å². The Bertz CT molecular complexity index is 3700. The standard InChI is InChI=1S/C59H36N4O/c60-37-49-54(41-25-12-4-13-26-41)61-59(62-55(49)42-27-14-5-15-28-42)53-51(36-35-43(38-19-6-1-7-20-38)52(53)40-23-10-3-11-24-40)63-50-32-17-16-29-45(50)46-33-34-48-47-31-18-30-44(39-21-8-2-9-22-39)57(47)64-58(48)56(46)63/h1-36H. The molecule has 3 aromatic heterocycles. The first-order valence-electron chi connectivity index (χ1n) is 21.4. The summed E-state index contributed by atoms with van der Waals surface area (Å²) >= 11 is 0. The van der Waals surface area contributed by atoms with E-state index < -0.39 is 0 Å². The molecule has 298 valence electrons. The van der Waals surface area contributed by atoms with Gasteiger partial charge in [-0.25, -0.2) is 9.97 Å². The highest BCUT2D eigenvalue weighted by atomic mass is 16.3. The van der Waals surface area contributed by atoms with E-state index in [1.54, 1.807) is 0 Å². The molecule has 0 bridgehead atoms. The summed E-state index contributed by atoms with van der Waals surface area (Å²) in [5.41, 5.74) is 14.7. The molecule has 0 saturated heterocycles. The van der Waals surface area contributed by atoms with Crippen LogP contribution in [0, 0.1) is 11.3 Å². The molecule has 0 radical (unpaired) electrons. The van der Waals surface area contributed by atoms with Crippen LogP contribution in [0.15, 0.2) is 223 Å². The van der Waals surface area contributed by atoms with Crippen molar-refractivity contribution in [3.8, 4) is 79.0 Å². The van der Waals surface area contributed by atoms with Crippen molar-refractivity contribution < 1.29 is 4.42 Å². The Hall–Kier alpha value is -8.85. The molecule has 0 aliphatic rings. The fourth-order valence-corrected chi connectivity index (χ4v) is 9.45. The second-order valence-corrected chi connectivity index (χ2v) is 15.9. The van der Waals surface area contributed by atoms with E-state index >= 15 is 0 Å². The van der Waals surface area contributed by atoms with Crippen LogP contribution in [0.2, 0.25) is 0 Å². The lowest BCUT2D eigenvalue weighted by Crippen LogP contribution is -2.06. The molecule has 0 aliphatic carbocycles. The number of benzene rings is 9. The van der Waals surface area contributed by atoms with Crippen LogP contribution in [0.1, 0.15) is 5.56 Å². The van der Waals surface area contributed by atoms with Gasteiger partial charge in [0.2, 0.25) is 0 Å². The number of aromatic nitrogens is 3. The van der Waals surface area contributed by atoms with Gasteiger partial charge in [-0.1, -0.05) is 200 Å². The minimum atomic E-state index is 0.415. The molecule has 0 amide bonds. The third kappa shape index (κ3) is 5.93. The monoisotopic (exact) mass is 816 g/mol. The Balaban J connectivity index is 1.28. The van der Waals surface area contributed by atoms with Gasteiger partial charge in [0.05, 0.1) is 33.7 Å². The molecule has 0 fully saturated rings. The summed E-state index contributed by atoms with van der Waals surface area (Å²) in [5.74, 6) is 0.498. The second kappa shape index (κ2) is 15.3. The predicted molar refractivity (Wildman–Crippen MR) is 261 cm³/mol. The van der Waals surface area contributed by atoms with Crippen LogP contribution in [0.25, 0.3) is 117 Å². The molecule has 5 nitrogen and oxygen atoms in total. The average Bonchev–Trinajstić information content (AvgIpc) is 3.93. The molecule has 64 heavy (non-hydrogen) atoms. The summed E-state index contributed by atoms with van der Waals surface area (Å²) < 4.78 is 9.54. The van der Waals surface area contributed by atoms with E-state index in [9.17, 15) is 5.26 Å². The van der Waals surface area contributed by atoms with E-state index in [2.05, 4.69) is 150 Å². The van der Waals surface area contributed by atoms with Crippen molar-refractivity contribution in [1.82, 2.24) is 14.5 Å². The molecule has 0 aliphatic heterocycles. The Labute approximate surface area is 369 Å². The number of para-hydroxylation sites is 2. The van der Waals surface area contributed by atoms with Crippen molar-refractivity contribution in [1.29, 1.82) is 5.26 Å². The zero-order valence-corrected chi connectivity index (χ0v) is 34.5. The van der Waals surface area contributed by atoms with Gasteiger partial charge in [-0.2, -0.15) is 5.26 Å². The van der Waals surface area contributed by atoms with Crippen LogP contribution >= 0.6 is 0 Å². The minimum absolute atomic E-state index is 0.415. The van der Waals surface area contributed by atoms with Crippen LogP contribution < -0.4 is 0 Å². The summed E-state index contributed by atoms with van der Waals surface area (Å²) in [7, 11) is 0. The number of furan rings is 1.